The molecule has 0 bridgehead atoms. The maximum absolute atomic E-state index is 12.2. The Hall–Kier alpha value is -1.95. The van der Waals surface area contributed by atoms with Gasteiger partial charge in [0.1, 0.15) is 5.60 Å². The average molecular weight is 300 g/mol. The molecule has 0 N–H and O–H groups in total. The summed E-state index contributed by atoms with van der Waals surface area (Å²) >= 11 is 0. The Morgan fingerprint density at radius 1 is 1.38 bits per heavy atom. The zero-order valence-corrected chi connectivity index (χ0v) is 13.3. The van der Waals surface area contributed by atoms with E-state index in [1.807, 2.05) is 0 Å². The fourth-order valence-electron chi connectivity index (χ4n) is 1.51. The molecule has 0 rings (SSSR count). The quantitative estimate of drug-likeness (QED) is 0.312. The third kappa shape index (κ3) is 8.75. The molecule has 21 heavy (non-hydrogen) atoms. The van der Waals surface area contributed by atoms with Crippen molar-refractivity contribution in [2.75, 3.05) is 19.7 Å². The summed E-state index contributed by atoms with van der Waals surface area (Å²) in [5.74, 6) is -0.387. The highest BCUT2D eigenvalue weighted by Gasteiger charge is 2.26. The maximum Gasteiger partial charge on any atom is 0.410 e. The van der Waals surface area contributed by atoms with Crippen LogP contribution in [-0.4, -0.2) is 48.3 Å². The summed E-state index contributed by atoms with van der Waals surface area (Å²) in [6.45, 7) is 9.26. The van der Waals surface area contributed by atoms with Gasteiger partial charge in [-0.2, -0.15) is 0 Å². The van der Waals surface area contributed by atoms with E-state index in [1.54, 1.807) is 34.6 Å². The molecule has 0 fully saturated rings. The van der Waals surface area contributed by atoms with Gasteiger partial charge in [-0.3, -0.25) is 4.79 Å². The van der Waals surface area contributed by atoms with Crippen molar-refractivity contribution in [3.8, 4) is 0 Å². The van der Waals surface area contributed by atoms with Crippen LogP contribution in [0.25, 0.3) is 10.4 Å². The molecular weight excluding hydrogens is 276 g/mol. The van der Waals surface area contributed by atoms with Gasteiger partial charge in [0.05, 0.1) is 13.0 Å². The molecule has 0 spiro atoms. The Labute approximate surface area is 125 Å². The van der Waals surface area contributed by atoms with Crippen molar-refractivity contribution in [3.05, 3.63) is 10.4 Å². The van der Waals surface area contributed by atoms with Gasteiger partial charge in [-0.25, -0.2) is 4.79 Å². The van der Waals surface area contributed by atoms with Crippen LogP contribution in [0.3, 0.4) is 0 Å². The smallest absolute Gasteiger partial charge is 0.410 e. The molecule has 0 radical (unpaired) electrons. The van der Waals surface area contributed by atoms with E-state index in [4.69, 9.17) is 15.0 Å². The number of amides is 1. The fourth-order valence-corrected chi connectivity index (χ4v) is 1.51. The highest BCUT2D eigenvalue weighted by Crippen LogP contribution is 2.13. The van der Waals surface area contributed by atoms with Gasteiger partial charge in [0.2, 0.25) is 0 Å². The number of ether oxygens (including phenoxy) is 2. The molecule has 8 heteroatoms. The van der Waals surface area contributed by atoms with Crippen molar-refractivity contribution in [1.82, 2.24) is 4.90 Å². The molecule has 0 aliphatic rings. The van der Waals surface area contributed by atoms with E-state index in [2.05, 4.69) is 10.0 Å². The Morgan fingerprint density at radius 3 is 2.48 bits per heavy atom. The van der Waals surface area contributed by atoms with Crippen LogP contribution < -0.4 is 0 Å². The lowest BCUT2D eigenvalue weighted by Gasteiger charge is -2.30. The van der Waals surface area contributed by atoms with Gasteiger partial charge in [-0.1, -0.05) is 5.11 Å². The topological polar surface area (TPSA) is 105 Å². The minimum absolute atomic E-state index is 0.0632. The first-order valence-electron chi connectivity index (χ1n) is 6.87. The van der Waals surface area contributed by atoms with Crippen molar-refractivity contribution in [2.45, 2.75) is 52.7 Å². The number of hydrogen-bond acceptors (Lipinski definition) is 5. The minimum atomic E-state index is -0.641. The van der Waals surface area contributed by atoms with Crippen LogP contribution in [-0.2, 0) is 14.3 Å². The molecule has 8 nitrogen and oxygen atoms in total. The van der Waals surface area contributed by atoms with E-state index >= 15 is 0 Å². The second kappa shape index (κ2) is 9.07. The lowest BCUT2D eigenvalue weighted by atomic mass is 10.2. The number of nitrogens with zero attached hydrogens (tertiary/aromatic N) is 4. The van der Waals surface area contributed by atoms with Gasteiger partial charge < -0.3 is 14.4 Å². The SMILES string of the molecule is CCOC(=O)CCN(C(=O)OC(C)(C)C)C(C)CN=[N+]=[N-]. The molecule has 0 saturated heterocycles. The predicted molar refractivity (Wildman–Crippen MR) is 77.7 cm³/mol. The molecule has 0 heterocycles. The largest absolute Gasteiger partial charge is 0.466 e. The second-order valence-corrected chi connectivity index (χ2v) is 5.49. The molecule has 120 valence electrons. The van der Waals surface area contributed by atoms with E-state index in [-0.39, 0.29) is 31.5 Å². The standard InChI is InChI=1S/C13H24N4O4/c1-6-20-11(18)7-8-17(10(2)9-15-16-14)12(19)21-13(3,4)5/h10H,6-9H2,1-5H3. The first kappa shape index (κ1) is 19.1. The summed E-state index contributed by atoms with van der Waals surface area (Å²) in [6.07, 6.45) is -0.485. The Bertz CT molecular complexity index is 399. The molecule has 0 aliphatic heterocycles. The molecule has 0 aromatic rings. The van der Waals surface area contributed by atoms with Crippen LogP contribution >= 0.6 is 0 Å². The summed E-state index contributed by atoms with van der Waals surface area (Å²) in [4.78, 5) is 27.6. The monoisotopic (exact) mass is 300 g/mol. The van der Waals surface area contributed by atoms with Crippen LogP contribution in [0.1, 0.15) is 41.0 Å². The normalized spacial score (nSPS) is 12.0. The first-order valence-corrected chi connectivity index (χ1v) is 6.87. The Kier molecular flexibility index (Phi) is 8.23. The highest BCUT2D eigenvalue weighted by atomic mass is 16.6. The van der Waals surface area contributed by atoms with Gasteiger partial charge in [-0.05, 0) is 40.1 Å². The number of carbonyl (C=O) groups is 2. The highest BCUT2D eigenvalue weighted by molar-refractivity contribution is 5.72. The van der Waals surface area contributed by atoms with Crippen LogP contribution in [0.5, 0.6) is 0 Å². The van der Waals surface area contributed by atoms with Gasteiger partial charge in [0, 0.05) is 24.0 Å². The second-order valence-electron chi connectivity index (χ2n) is 5.49. The number of esters is 1. The minimum Gasteiger partial charge on any atom is -0.466 e. The van der Waals surface area contributed by atoms with Crippen molar-refractivity contribution in [2.24, 2.45) is 5.11 Å². The molecule has 1 amide bonds. The molecule has 1 unspecified atom stereocenters. The molecular formula is C13H24N4O4. The number of azide groups is 1. The first-order chi connectivity index (χ1) is 9.71. The summed E-state index contributed by atoms with van der Waals surface area (Å²) < 4.78 is 10.1. The lowest BCUT2D eigenvalue weighted by molar-refractivity contribution is -0.143. The van der Waals surface area contributed by atoms with Crippen LogP contribution in [0, 0.1) is 0 Å². The van der Waals surface area contributed by atoms with Gasteiger partial charge in [0.15, 0.2) is 0 Å². The molecule has 0 aliphatic carbocycles. The van der Waals surface area contributed by atoms with Gasteiger partial charge in [0.25, 0.3) is 0 Å². The number of carbonyl (C=O) groups excluding carboxylic acids is 2. The molecule has 1 atom stereocenters. The molecule has 0 aromatic heterocycles. The van der Waals surface area contributed by atoms with Crippen LogP contribution in [0.15, 0.2) is 5.11 Å². The van der Waals surface area contributed by atoms with Crippen molar-refractivity contribution in [1.29, 1.82) is 0 Å². The van der Waals surface area contributed by atoms with Crippen LogP contribution in [0.4, 0.5) is 4.79 Å². The lowest BCUT2D eigenvalue weighted by Crippen LogP contribution is -2.44. The summed E-state index contributed by atoms with van der Waals surface area (Å²) in [7, 11) is 0. The van der Waals surface area contributed by atoms with E-state index in [0.29, 0.717) is 6.61 Å². The van der Waals surface area contributed by atoms with E-state index in [9.17, 15) is 9.59 Å². The fraction of sp³-hybridized carbons (Fsp3) is 0.846. The molecule has 0 aromatic carbocycles. The number of hydrogen-bond donors (Lipinski definition) is 0. The zero-order valence-electron chi connectivity index (χ0n) is 13.3. The van der Waals surface area contributed by atoms with Crippen molar-refractivity contribution >= 4 is 12.1 Å². The van der Waals surface area contributed by atoms with Crippen molar-refractivity contribution < 1.29 is 19.1 Å². The average Bonchev–Trinajstić information content (AvgIpc) is 2.34. The van der Waals surface area contributed by atoms with E-state index in [1.165, 1.54) is 4.90 Å². The third-order valence-corrected chi connectivity index (χ3v) is 2.43. The third-order valence-electron chi connectivity index (χ3n) is 2.43. The van der Waals surface area contributed by atoms with E-state index in [0.717, 1.165) is 0 Å². The Balaban J connectivity index is 4.78. The predicted octanol–water partition coefficient (Wildman–Crippen LogP) is 2.88. The number of rotatable bonds is 7. The zero-order chi connectivity index (χ0) is 16.5. The van der Waals surface area contributed by atoms with E-state index < -0.39 is 11.7 Å². The summed E-state index contributed by atoms with van der Waals surface area (Å²) in [5, 5.41) is 3.45. The van der Waals surface area contributed by atoms with Gasteiger partial charge >= 0.3 is 12.1 Å². The maximum atomic E-state index is 12.2. The summed E-state index contributed by atoms with van der Waals surface area (Å²) in [5.41, 5.74) is 7.72. The van der Waals surface area contributed by atoms with Gasteiger partial charge in [-0.15, -0.1) is 0 Å². The van der Waals surface area contributed by atoms with Crippen molar-refractivity contribution in [3.63, 3.8) is 0 Å². The van der Waals surface area contributed by atoms with Crippen LogP contribution in [0.2, 0.25) is 0 Å². The molecule has 0 saturated carbocycles. The summed E-state index contributed by atoms with van der Waals surface area (Å²) in [6, 6.07) is -0.370. The Morgan fingerprint density at radius 2 is 2.00 bits per heavy atom.